The Bertz CT molecular complexity index is 1920. The maximum atomic E-state index is 14.1. The van der Waals surface area contributed by atoms with Crippen molar-refractivity contribution < 1.29 is 43.0 Å². The highest BCUT2D eigenvalue weighted by Gasteiger charge is 2.23. The molecule has 17 heteroatoms. The molecule has 4 amide bonds. The van der Waals surface area contributed by atoms with Gasteiger partial charge in [-0.1, -0.05) is 63.2 Å². The number of halogens is 1. The third kappa shape index (κ3) is 20.8. The molecule has 16 nitrogen and oxygen atoms in total. The zero-order valence-electron chi connectivity index (χ0n) is 36.9. The SMILES string of the molecule is C=CCNC(C=O)C(C)C.C=O.CCCNC(=O)NC.CNC.CNCC(=O)Nc1ccc(COCc2ccc(-c3[nH]c4cc(F)cc5c4c3CCNC5=O)cc2)cc1.O=CO. The molecule has 0 saturated carbocycles. The Hall–Kier alpha value is -6.27. The average Bonchev–Trinajstić information content (AvgIpc) is 3.54. The molecule has 2 heterocycles. The van der Waals surface area contributed by atoms with E-state index in [1.807, 2.05) is 90.2 Å². The van der Waals surface area contributed by atoms with Gasteiger partial charge in [-0.2, -0.15) is 0 Å². The smallest absolute Gasteiger partial charge is 0.314 e. The molecule has 0 aliphatic carbocycles. The predicted molar refractivity (Wildman–Crippen MR) is 244 cm³/mol. The molecular weight excluding hydrogens is 800 g/mol. The molecule has 0 radical (unpaired) electrons. The van der Waals surface area contributed by atoms with Gasteiger partial charge in [-0.15, -0.1) is 6.58 Å². The number of benzene rings is 3. The molecule has 0 spiro atoms. The lowest BCUT2D eigenvalue weighted by atomic mass is 10.00. The number of carbonyl (C=O) groups excluding carboxylic acids is 5. The first-order valence-electron chi connectivity index (χ1n) is 19.9. The molecule has 5 rings (SSSR count). The largest absolute Gasteiger partial charge is 0.483 e. The van der Waals surface area contributed by atoms with Crippen molar-refractivity contribution >= 4 is 54.0 Å². The molecule has 0 saturated heterocycles. The second-order valence-electron chi connectivity index (χ2n) is 13.5. The van der Waals surface area contributed by atoms with E-state index in [2.05, 4.69) is 48.8 Å². The molecule has 9 N–H and O–H groups in total. The molecule has 0 fully saturated rings. The van der Waals surface area contributed by atoms with Gasteiger partial charge in [-0.05, 0) is 86.4 Å². The number of carboxylic acid groups (broad SMARTS) is 1. The van der Waals surface area contributed by atoms with Gasteiger partial charge in [0, 0.05) is 49.0 Å². The van der Waals surface area contributed by atoms with Crippen molar-refractivity contribution in [3.8, 4) is 11.3 Å². The molecule has 1 aliphatic rings. The molecule has 1 aliphatic heterocycles. The second-order valence-corrected chi connectivity index (χ2v) is 13.5. The lowest BCUT2D eigenvalue weighted by Gasteiger charge is -2.13. The number of hydrogen-bond acceptors (Lipinski definition) is 10. The van der Waals surface area contributed by atoms with Crippen molar-refractivity contribution in [3.63, 3.8) is 0 Å². The monoisotopic (exact) mass is 864 g/mol. The van der Waals surface area contributed by atoms with Gasteiger partial charge in [-0.25, -0.2) is 9.18 Å². The number of H-pyrrole nitrogens is 1. The van der Waals surface area contributed by atoms with Gasteiger partial charge in [-0.3, -0.25) is 14.4 Å². The van der Waals surface area contributed by atoms with Crippen molar-refractivity contribution in [2.24, 2.45) is 5.92 Å². The molecule has 3 aromatic carbocycles. The molecule has 0 bridgehead atoms. The van der Waals surface area contributed by atoms with Crippen molar-refractivity contribution in [3.05, 3.63) is 101 Å². The van der Waals surface area contributed by atoms with Gasteiger partial charge >= 0.3 is 6.03 Å². The van der Waals surface area contributed by atoms with Crippen LogP contribution in [0.15, 0.2) is 73.3 Å². The molecule has 4 aromatic rings. The lowest BCUT2D eigenvalue weighted by Crippen LogP contribution is -2.35. The summed E-state index contributed by atoms with van der Waals surface area (Å²) in [6.45, 7) is 14.4. The lowest BCUT2D eigenvalue weighted by molar-refractivity contribution is -0.123. The van der Waals surface area contributed by atoms with Crippen LogP contribution in [0.1, 0.15) is 54.2 Å². The Morgan fingerprint density at radius 2 is 1.55 bits per heavy atom. The zero-order valence-corrected chi connectivity index (χ0v) is 36.9. The number of carbonyl (C=O) groups is 6. The van der Waals surface area contributed by atoms with Crippen LogP contribution >= 0.6 is 0 Å². The third-order valence-electron chi connectivity index (χ3n) is 8.35. The minimum absolute atomic E-state index is 0.0296. The van der Waals surface area contributed by atoms with Gasteiger partial charge in [0.1, 0.15) is 18.9 Å². The number of anilines is 1. The number of amides is 4. The quantitative estimate of drug-likeness (QED) is 0.0582. The number of rotatable bonds is 15. The Morgan fingerprint density at radius 3 is 2.05 bits per heavy atom. The van der Waals surface area contributed by atoms with E-state index in [-0.39, 0.29) is 36.9 Å². The standard InChI is InChI=1S/C28H27FN4O3.C8H15NO.C5H12N2O.C2H7N.CH2O2.CH2O/c1-30-14-25(34)32-21-8-4-18(5-9-21)16-36-15-17-2-6-19(7-3-17)27-22-10-11-31-28(35)23-12-20(29)13-24(33-27)26(22)23;1-4-5-9-8(6-10)7(2)3;1-3-4-7-5(8)6-2;1-3-2;2-1-3;1-2/h2-9,12-13,30,33H,10-11,14-16H2,1H3,(H,31,35)(H,32,34);4,6-9H,1,5H2,2-3H3;3-4H2,1-2H3,(H2,6,7,8);3H,1-2H3;1H,(H,2,3);1H2. The van der Waals surface area contributed by atoms with Crippen molar-refractivity contribution in [2.45, 2.75) is 52.9 Å². The van der Waals surface area contributed by atoms with Crippen LogP contribution in [-0.2, 0) is 43.5 Å². The average molecular weight is 865 g/mol. The summed E-state index contributed by atoms with van der Waals surface area (Å²) in [5.41, 5.74) is 6.69. The molecule has 1 unspecified atom stereocenters. The van der Waals surface area contributed by atoms with E-state index in [1.165, 1.54) is 12.1 Å². The molecule has 340 valence electrons. The molecule has 1 aromatic heterocycles. The number of ether oxygens (including phenoxy) is 1. The van der Waals surface area contributed by atoms with Crippen LogP contribution in [0.3, 0.4) is 0 Å². The zero-order chi connectivity index (χ0) is 46.9. The Morgan fingerprint density at radius 1 is 0.968 bits per heavy atom. The van der Waals surface area contributed by atoms with E-state index in [4.69, 9.17) is 19.4 Å². The topological polar surface area (TPSA) is 232 Å². The summed E-state index contributed by atoms with van der Waals surface area (Å²) in [7, 11) is 7.08. The van der Waals surface area contributed by atoms with Crippen LogP contribution in [0.5, 0.6) is 0 Å². The number of aldehydes is 1. The summed E-state index contributed by atoms with van der Waals surface area (Å²) in [4.78, 5) is 64.4. The first-order valence-corrected chi connectivity index (χ1v) is 19.9. The molecule has 1 atom stereocenters. The number of nitrogens with one attached hydrogen (secondary N) is 8. The second kappa shape index (κ2) is 33.4. The highest BCUT2D eigenvalue weighted by Crippen LogP contribution is 2.35. The van der Waals surface area contributed by atoms with Crippen LogP contribution in [0.4, 0.5) is 14.9 Å². The highest BCUT2D eigenvalue weighted by atomic mass is 19.1. The predicted octanol–water partition coefficient (Wildman–Crippen LogP) is 4.80. The summed E-state index contributed by atoms with van der Waals surface area (Å²) in [6.07, 6.45) is 4.34. The van der Waals surface area contributed by atoms with Gasteiger partial charge < -0.3 is 61.6 Å². The van der Waals surface area contributed by atoms with E-state index in [9.17, 15) is 23.6 Å². The van der Waals surface area contributed by atoms with E-state index < -0.39 is 5.82 Å². The Balaban J connectivity index is 0.00000117. The van der Waals surface area contributed by atoms with Crippen LogP contribution in [0.2, 0.25) is 0 Å². The summed E-state index contributed by atoms with van der Waals surface area (Å²) in [5, 5.41) is 27.0. The van der Waals surface area contributed by atoms with Gasteiger partial charge in [0.2, 0.25) is 5.91 Å². The normalized spacial score (nSPS) is 11.2. The molecule has 62 heavy (non-hydrogen) atoms. The van der Waals surface area contributed by atoms with Crippen LogP contribution in [0.25, 0.3) is 22.2 Å². The van der Waals surface area contributed by atoms with E-state index in [0.717, 1.165) is 58.3 Å². The molecular formula is C45H65FN8O8. The van der Waals surface area contributed by atoms with Crippen molar-refractivity contribution in [1.29, 1.82) is 0 Å². The minimum atomic E-state index is -0.436. The highest BCUT2D eigenvalue weighted by molar-refractivity contribution is 6.10. The maximum absolute atomic E-state index is 14.1. The van der Waals surface area contributed by atoms with Crippen molar-refractivity contribution in [2.75, 3.05) is 59.7 Å². The van der Waals surface area contributed by atoms with Crippen LogP contribution < -0.4 is 37.2 Å². The van der Waals surface area contributed by atoms with Gasteiger partial charge in [0.15, 0.2) is 0 Å². The van der Waals surface area contributed by atoms with Gasteiger partial charge in [0.05, 0.1) is 31.4 Å². The van der Waals surface area contributed by atoms with Crippen LogP contribution in [0, 0.1) is 11.7 Å². The fourth-order valence-corrected chi connectivity index (χ4v) is 5.53. The number of likely N-dealkylation sites (N-methyl/N-ethyl adjacent to an activating group) is 1. The number of urea groups is 1. The first kappa shape index (κ1) is 55.7. The summed E-state index contributed by atoms with van der Waals surface area (Å²) < 4.78 is 20.0. The van der Waals surface area contributed by atoms with E-state index in [1.54, 1.807) is 20.2 Å². The van der Waals surface area contributed by atoms with E-state index >= 15 is 0 Å². The number of aromatic nitrogens is 1. The number of aromatic amines is 1. The summed E-state index contributed by atoms with van der Waals surface area (Å²) in [5.74, 6) is -0.411. The third-order valence-corrected chi connectivity index (χ3v) is 8.35. The van der Waals surface area contributed by atoms with E-state index in [0.29, 0.717) is 49.7 Å². The van der Waals surface area contributed by atoms with Gasteiger partial charge in [0.25, 0.3) is 12.4 Å². The Labute approximate surface area is 364 Å². The van der Waals surface area contributed by atoms with Crippen LogP contribution in [-0.4, -0.2) is 108 Å². The minimum Gasteiger partial charge on any atom is -0.483 e. The summed E-state index contributed by atoms with van der Waals surface area (Å²) in [6, 6.07) is 18.2. The number of hydrogen-bond donors (Lipinski definition) is 9. The van der Waals surface area contributed by atoms with Crippen molar-refractivity contribution in [1.82, 2.24) is 36.9 Å². The fourth-order valence-electron chi connectivity index (χ4n) is 5.53. The fraction of sp³-hybridized carbons (Fsp3) is 0.378. The first-order chi connectivity index (χ1) is 29.9. The Kier molecular flexibility index (Phi) is 30.1. The summed E-state index contributed by atoms with van der Waals surface area (Å²) >= 11 is 0. The maximum Gasteiger partial charge on any atom is 0.314 e.